The van der Waals surface area contributed by atoms with Crippen LogP contribution in [0.2, 0.25) is 5.02 Å². The van der Waals surface area contributed by atoms with E-state index in [1.54, 1.807) is 18.3 Å². The third kappa shape index (κ3) is 4.61. The Morgan fingerprint density at radius 3 is 2.59 bits per heavy atom. The minimum atomic E-state index is -0.243. The van der Waals surface area contributed by atoms with Crippen molar-refractivity contribution in [2.45, 2.75) is 26.4 Å². The van der Waals surface area contributed by atoms with Crippen LogP contribution in [0.1, 0.15) is 25.8 Å². The Hall–Kier alpha value is -2.96. The molecule has 0 spiro atoms. The Kier molecular flexibility index (Phi) is 6.72. The van der Waals surface area contributed by atoms with Crippen molar-refractivity contribution in [1.29, 1.82) is 0 Å². The summed E-state index contributed by atoms with van der Waals surface area (Å²) in [6.45, 7) is 4.04. The summed E-state index contributed by atoms with van der Waals surface area (Å²) >= 11 is 9.98. The predicted octanol–water partition coefficient (Wildman–Crippen LogP) is 6.54. The van der Waals surface area contributed by atoms with Crippen molar-refractivity contribution in [3.63, 3.8) is 0 Å². The summed E-state index contributed by atoms with van der Waals surface area (Å²) in [5, 5.41) is 5.45. The highest BCUT2D eigenvalue weighted by Crippen LogP contribution is 2.35. The lowest BCUT2D eigenvalue weighted by atomic mass is 10.2. The van der Waals surface area contributed by atoms with Crippen LogP contribution in [0.15, 0.2) is 81.1 Å². The van der Waals surface area contributed by atoms with Crippen LogP contribution >= 0.6 is 27.5 Å². The van der Waals surface area contributed by atoms with Gasteiger partial charge in [-0.3, -0.25) is 4.79 Å². The van der Waals surface area contributed by atoms with Crippen LogP contribution in [-0.2, 0) is 0 Å². The van der Waals surface area contributed by atoms with Crippen LogP contribution in [0.3, 0.4) is 0 Å². The lowest BCUT2D eigenvalue weighted by Crippen LogP contribution is -2.20. The highest BCUT2D eigenvalue weighted by Gasteiger charge is 2.14. The molecule has 7 heteroatoms. The third-order valence-electron chi connectivity index (χ3n) is 5.02. The summed E-state index contributed by atoms with van der Waals surface area (Å²) in [6.07, 6.45) is 2.50. The van der Waals surface area contributed by atoms with E-state index >= 15 is 0 Å². The Balaban J connectivity index is 1.81. The van der Waals surface area contributed by atoms with E-state index in [-0.39, 0.29) is 11.7 Å². The van der Waals surface area contributed by atoms with E-state index in [1.165, 1.54) is 4.68 Å². The number of hydrogen-bond donors (Lipinski definition) is 0. The zero-order chi connectivity index (χ0) is 22.7. The Bertz CT molecular complexity index is 1330. The molecule has 0 fully saturated rings. The quantitative estimate of drug-likeness (QED) is 0.277. The van der Waals surface area contributed by atoms with Crippen LogP contribution in [-0.4, -0.2) is 22.0 Å². The van der Waals surface area contributed by atoms with Gasteiger partial charge in [-0.05, 0) is 59.1 Å². The molecule has 0 aliphatic heterocycles. The maximum atomic E-state index is 13.2. The van der Waals surface area contributed by atoms with Gasteiger partial charge in [-0.25, -0.2) is 4.98 Å². The molecule has 32 heavy (non-hydrogen) atoms. The lowest BCUT2D eigenvalue weighted by molar-refractivity contribution is 0.216. The molecule has 0 unspecified atom stereocenters. The second kappa shape index (κ2) is 9.67. The van der Waals surface area contributed by atoms with Gasteiger partial charge in [0.2, 0.25) is 0 Å². The molecule has 0 bridgehead atoms. The molecule has 5 nitrogen and oxygen atoms in total. The van der Waals surface area contributed by atoms with Crippen molar-refractivity contribution in [1.82, 2.24) is 9.66 Å². The molecular weight excluding hydrogens is 490 g/mol. The number of nitrogens with zero attached hydrogens (tertiary/aromatic N) is 3. The molecule has 3 aromatic carbocycles. The number of para-hydroxylation sites is 1. The molecule has 0 saturated heterocycles. The van der Waals surface area contributed by atoms with Gasteiger partial charge in [-0.2, -0.15) is 9.78 Å². The second-order valence-corrected chi connectivity index (χ2v) is 8.59. The van der Waals surface area contributed by atoms with Gasteiger partial charge < -0.3 is 4.74 Å². The Morgan fingerprint density at radius 1 is 1.16 bits per heavy atom. The van der Waals surface area contributed by atoms with Gasteiger partial charge >= 0.3 is 0 Å². The van der Waals surface area contributed by atoms with E-state index in [4.69, 9.17) is 21.3 Å². The number of hydrogen-bond acceptors (Lipinski definition) is 4. The number of aromatic nitrogens is 2. The molecule has 0 amide bonds. The topological polar surface area (TPSA) is 56.5 Å². The first-order valence-corrected chi connectivity index (χ1v) is 11.4. The molecule has 1 atom stereocenters. The van der Waals surface area contributed by atoms with Crippen molar-refractivity contribution >= 4 is 44.6 Å². The number of halogens is 2. The molecule has 162 valence electrons. The molecule has 4 rings (SSSR count). The maximum absolute atomic E-state index is 13.2. The standard InChI is InChI=1S/C25H21BrClN3O2/c1-3-16(2)32-23-20(26)13-17(14-21(23)27)15-28-30-24(18-9-5-4-6-10-18)29-22-12-8-7-11-19(22)25(30)31/h4-16H,3H2,1-2H3/t16-/m1/s1. The van der Waals surface area contributed by atoms with E-state index in [0.29, 0.717) is 27.5 Å². The molecule has 1 aromatic heterocycles. The first kappa shape index (κ1) is 22.2. The summed E-state index contributed by atoms with van der Waals surface area (Å²) in [5.74, 6) is 1.06. The van der Waals surface area contributed by atoms with Gasteiger partial charge in [0.15, 0.2) is 11.6 Å². The van der Waals surface area contributed by atoms with Crippen molar-refractivity contribution in [3.05, 3.63) is 92.1 Å². The zero-order valence-corrected chi connectivity index (χ0v) is 20.0. The fraction of sp³-hybridized carbons (Fsp3) is 0.160. The van der Waals surface area contributed by atoms with Gasteiger partial charge in [0.1, 0.15) is 0 Å². The molecule has 0 N–H and O–H groups in total. The van der Waals surface area contributed by atoms with Crippen molar-refractivity contribution in [2.24, 2.45) is 5.10 Å². The monoisotopic (exact) mass is 509 g/mol. The summed E-state index contributed by atoms with van der Waals surface area (Å²) in [5.41, 5.74) is 1.90. The van der Waals surface area contributed by atoms with E-state index in [2.05, 4.69) is 21.0 Å². The van der Waals surface area contributed by atoms with Gasteiger partial charge in [0, 0.05) is 5.56 Å². The van der Waals surface area contributed by atoms with Crippen LogP contribution in [0.4, 0.5) is 0 Å². The molecular formula is C25H21BrClN3O2. The average molecular weight is 511 g/mol. The number of rotatable bonds is 6. The molecule has 0 radical (unpaired) electrons. The van der Waals surface area contributed by atoms with E-state index < -0.39 is 0 Å². The number of ether oxygens (including phenoxy) is 1. The van der Waals surface area contributed by atoms with Crippen LogP contribution in [0.5, 0.6) is 5.75 Å². The lowest BCUT2D eigenvalue weighted by Gasteiger charge is -2.16. The Labute approximate surface area is 199 Å². The Morgan fingerprint density at radius 2 is 1.88 bits per heavy atom. The van der Waals surface area contributed by atoms with Crippen molar-refractivity contribution in [3.8, 4) is 17.1 Å². The third-order valence-corrected chi connectivity index (χ3v) is 5.89. The highest BCUT2D eigenvalue weighted by atomic mass is 79.9. The van der Waals surface area contributed by atoms with Crippen LogP contribution < -0.4 is 10.3 Å². The van der Waals surface area contributed by atoms with Crippen molar-refractivity contribution < 1.29 is 4.74 Å². The van der Waals surface area contributed by atoms with Gasteiger partial charge in [0.05, 0.1) is 32.7 Å². The molecule has 0 aliphatic rings. The normalized spacial score (nSPS) is 12.4. The number of fused-ring (bicyclic) bond motifs is 1. The van der Waals surface area contributed by atoms with Gasteiger partial charge in [-0.15, -0.1) is 0 Å². The average Bonchev–Trinajstić information content (AvgIpc) is 2.81. The second-order valence-electron chi connectivity index (χ2n) is 7.33. The minimum Gasteiger partial charge on any atom is -0.488 e. The van der Waals surface area contributed by atoms with E-state index in [0.717, 1.165) is 22.0 Å². The SMILES string of the molecule is CC[C@@H](C)Oc1c(Cl)cc(C=Nn2c(-c3ccccc3)nc3ccccc3c2=O)cc1Br. The maximum Gasteiger partial charge on any atom is 0.282 e. The fourth-order valence-corrected chi connectivity index (χ4v) is 4.14. The fourth-order valence-electron chi connectivity index (χ4n) is 3.18. The van der Waals surface area contributed by atoms with Gasteiger partial charge in [-0.1, -0.05) is 61.0 Å². The smallest absolute Gasteiger partial charge is 0.282 e. The predicted molar refractivity (Wildman–Crippen MR) is 134 cm³/mol. The molecule has 0 saturated carbocycles. The zero-order valence-electron chi connectivity index (χ0n) is 17.6. The minimum absolute atomic E-state index is 0.0407. The summed E-state index contributed by atoms with van der Waals surface area (Å²) in [7, 11) is 0. The summed E-state index contributed by atoms with van der Waals surface area (Å²) < 4.78 is 7.94. The highest BCUT2D eigenvalue weighted by molar-refractivity contribution is 9.10. The molecule has 0 aliphatic carbocycles. The first-order valence-electron chi connectivity index (χ1n) is 10.2. The van der Waals surface area contributed by atoms with Crippen molar-refractivity contribution in [2.75, 3.05) is 0 Å². The summed E-state index contributed by atoms with van der Waals surface area (Å²) in [4.78, 5) is 17.9. The van der Waals surface area contributed by atoms with Crippen LogP contribution in [0, 0.1) is 0 Å². The van der Waals surface area contributed by atoms with Gasteiger partial charge in [0.25, 0.3) is 5.56 Å². The van der Waals surface area contributed by atoms with E-state index in [9.17, 15) is 4.79 Å². The molecule has 1 heterocycles. The van der Waals surface area contributed by atoms with Crippen LogP contribution in [0.25, 0.3) is 22.3 Å². The number of benzene rings is 3. The van der Waals surface area contributed by atoms with E-state index in [1.807, 2.05) is 68.4 Å². The first-order chi connectivity index (χ1) is 15.5. The largest absolute Gasteiger partial charge is 0.488 e. The summed E-state index contributed by atoms with van der Waals surface area (Å²) in [6, 6.07) is 20.4. The molecule has 4 aromatic rings.